The highest BCUT2D eigenvalue weighted by molar-refractivity contribution is 6.00. The summed E-state index contributed by atoms with van der Waals surface area (Å²) in [5, 5.41) is 6.44. The van der Waals surface area contributed by atoms with Crippen LogP contribution in [0.2, 0.25) is 0 Å². The standard InChI is InChI=1S/C27H28FN5O/c28-11-8-18-9-13-32(14-10-18)26-27-31-24(19-4-2-1-3-5-19)25(33(27)15-12-29-26)20-6-7-22-21(16-20)17-23(34)30-22/h1-7,12,15-16,18,26,29H,8-11,13-14,17H2,(H,30,34). The number of hydrogen-bond acceptors (Lipinski definition) is 4. The van der Waals surface area contributed by atoms with Gasteiger partial charge in [0, 0.05) is 42.3 Å². The third-order valence-corrected chi connectivity index (χ3v) is 7.24. The number of nitrogens with zero attached hydrogens (tertiary/aromatic N) is 3. The Balaban J connectivity index is 1.42. The molecule has 0 radical (unpaired) electrons. The number of likely N-dealkylation sites (tertiary alicyclic amines) is 1. The van der Waals surface area contributed by atoms with Crippen LogP contribution in [0.15, 0.2) is 54.7 Å². The molecule has 1 unspecified atom stereocenters. The van der Waals surface area contributed by atoms with Crippen LogP contribution in [-0.4, -0.2) is 40.1 Å². The maximum atomic E-state index is 12.8. The molecule has 1 aromatic heterocycles. The summed E-state index contributed by atoms with van der Waals surface area (Å²) in [7, 11) is 0. The zero-order valence-corrected chi connectivity index (χ0v) is 19.0. The van der Waals surface area contributed by atoms with E-state index < -0.39 is 0 Å². The molecule has 1 atom stereocenters. The maximum absolute atomic E-state index is 12.8. The lowest BCUT2D eigenvalue weighted by atomic mass is 9.94. The van der Waals surface area contributed by atoms with Crippen LogP contribution in [0.4, 0.5) is 10.1 Å². The second-order valence-electron chi connectivity index (χ2n) is 9.34. The second-order valence-corrected chi connectivity index (χ2v) is 9.34. The van der Waals surface area contributed by atoms with E-state index in [9.17, 15) is 9.18 Å². The maximum Gasteiger partial charge on any atom is 0.228 e. The van der Waals surface area contributed by atoms with E-state index >= 15 is 0 Å². The van der Waals surface area contributed by atoms with Crippen molar-refractivity contribution in [3.05, 3.63) is 66.1 Å². The lowest BCUT2D eigenvalue weighted by molar-refractivity contribution is -0.115. The lowest BCUT2D eigenvalue weighted by Crippen LogP contribution is -2.43. The molecule has 0 bridgehead atoms. The fourth-order valence-electron chi connectivity index (χ4n) is 5.45. The highest BCUT2D eigenvalue weighted by atomic mass is 19.1. The Morgan fingerprint density at radius 1 is 1.06 bits per heavy atom. The average Bonchev–Trinajstić information content (AvgIpc) is 3.44. The summed E-state index contributed by atoms with van der Waals surface area (Å²) in [6.45, 7) is 1.61. The smallest absolute Gasteiger partial charge is 0.228 e. The number of imidazole rings is 1. The molecule has 1 saturated heterocycles. The van der Waals surface area contributed by atoms with Crippen LogP contribution in [0.5, 0.6) is 0 Å². The minimum Gasteiger partial charge on any atom is -0.368 e. The third kappa shape index (κ3) is 3.70. The molecule has 3 aliphatic heterocycles. The number of aromatic nitrogens is 2. The highest BCUT2D eigenvalue weighted by Gasteiger charge is 2.32. The summed E-state index contributed by atoms with van der Waals surface area (Å²) in [6, 6.07) is 16.4. The Hall–Kier alpha value is -3.45. The van der Waals surface area contributed by atoms with Crippen molar-refractivity contribution in [1.82, 2.24) is 19.8 Å². The Bertz CT molecular complexity index is 1240. The van der Waals surface area contributed by atoms with Crippen LogP contribution in [0.3, 0.4) is 0 Å². The van der Waals surface area contributed by atoms with Gasteiger partial charge in [0.2, 0.25) is 5.91 Å². The Labute approximate surface area is 198 Å². The van der Waals surface area contributed by atoms with Gasteiger partial charge in [-0.05, 0) is 42.9 Å². The van der Waals surface area contributed by atoms with Crippen LogP contribution >= 0.6 is 0 Å². The molecule has 2 aromatic carbocycles. The van der Waals surface area contributed by atoms with Gasteiger partial charge in [0.25, 0.3) is 0 Å². The van der Waals surface area contributed by atoms with Crippen molar-refractivity contribution in [1.29, 1.82) is 0 Å². The molecule has 0 spiro atoms. The summed E-state index contributed by atoms with van der Waals surface area (Å²) in [4.78, 5) is 19.5. The van der Waals surface area contributed by atoms with Crippen molar-refractivity contribution in [3.8, 4) is 22.5 Å². The molecule has 0 aliphatic carbocycles. The number of rotatable bonds is 5. The van der Waals surface area contributed by atoms with Gasteiger partial charge < -0.3 is 10.6 Å². The van der Waals surface area contributed by atoms with Gasteiger partial charge in [0.05, 0.1) is 24.5 Å². The van der Waals surface area contributed by atoms with Gasteiger partial charge >= 0.3 is 0 Å². The fraction of sp³-hybridized carbons (Fsp3) is 0.333. The van der Waals surface area contributed by atoms with Gasteiger partial charge in [-0.3, -0.25) is 18.7 Å². The number of anilines is 1. The quantitative estimate of drug-likeness (QED) is 0.577. The Kier molecular flexibility index (Phi) is 5.41. The number of alkyl halides is 1. The van der Waals surface area contributed by atoms with E-state index in [1.165, 1.54) is 0 Å². The van der Waals surface area contributed by atoms with Crippen LogP contribution < -0.4 is 10.6 Å². The van der Waals surface area contributed by atoms with Crippen molar-refractivity contribution in [2.75, 3.05) is 25.1 Å². The van der Waals surface area contributed by atoms with Gasteiger partial charge in [-0.2, -0.15) is 0 Å². The number of hydrogen-bond donors (Lipinski definition) is 2. The Morgan fingerprint density at radius 3 is 2.68 bits per heavy atom. The normalized spacial score (nSPS) is 20.0. The molecule has 0 saturated carbocycles. The molecule has 1 amide bonds. The number of piperidine rings is 1. The summed E-state index contributed by atoms with van der Waals surface area (Å²) in [5.41, 5.74) is 5.96. The zero-order valence-electron chi connectivity index (χ0n) is 19.0. The molecular formula is C27H28FN5O. The largest absolute Gasteiger partial charge is 0.368 e. The molecule has 1 fully saturated rings. The molecule has 6 rings (SSSR count). The number of amides is 1. The SMILES string of the molecule is O=C1Cc2cc(-c3c(-c4ccccc4)nc4n3C=CNC4N3CCC(CCF)CC3)ccc2N1. The number of benzene rings is 2. The highest BCUT2D eigenvalue weighted by Crippen LogP contribution is 2.39. The molecule has 3 aromatic rings. The van der Waals surface area contributed by atoms with Crippen molar-refractivity contribution in [2.45, 2.75) is 31.8 Å². The summed E-state index contributed by atoms with van der Waals surface area (Å²) in [5.74, 6) is 1.46. The molecule has 6 nitrogen and oxygen atoms in total. The summed E-state index contributed by atoms with van der Waals surface area (Å²) < 4.78 is 15.0. The van der Waals surface area contributed by atoms with E-state index in [1.54, 1.807) is 0 Å². The van der Waals surface area contributed by atoms with Crippen LogP contribution in [0.1, 0.15) is 36.8 Å². The Morgan fingerprint density at radius 2 is 1.88 bits per heavy atom. The first kappa shape index (κ1) is 21.1. The third-order valence-electron chi connectivity index (χ3n) is 7.24. The van der Waals surface area contributed by atoms with E-state index in [4.69, 9.17) is 4.98 Å². The van der Waals surface area contributed by atoms with Gasteiger partial charge in [0.1, 0.15) is 6.17 Å². The van der Waals surface area contributed by atoms with Crippen molar-refractivity contribution < 1.29 is 9.18 Å². The molecule has 174 valence electrons. The molecule has 3 aliphatic rings. The molecule has 34 heavy (non-hydrogen) atoms. The fourth-order valence-corrected chi connectivity index (χ4v) is 5.45. The van der Waals surface area contributed by atoms with Crippen LogP contribution in [0.25, 0.3) is 28.7 Å². The topological polar surface area (TPSA) is 62.2 Å². The van der Waals surface area contributed by atoms with Gasteiger partial charge in [-0.25, -0.2) is 4.98 Å². The predicted molar refractivity (Wildman–Crippen MR) is 132 cm³/mol. The monoisotopic (exact) mass is 457 g/mol. The number of fused-ring (bicyclic) bond motifs is 2. The van der Waals surface area contributed by atoms with E-state index in [-0.39, 0.29) is 18.7 Å². The van der Waals surface area contributed by atoms with E-state index in [1.807, 2.05) is 36.7 Å². The first-order chi connectivity index (χ1) is 16.7. The zero-order chi connectivity index (χ0) is 23.1. The first-order valence-electron chi connectivity index (χ1n) is 12.0. The number of nitrogens with one attached hydrogen (secondary N) is 2. The predicted octanol–water partition coefficient (Wildman–Crippen LogP) is 4.81. The molecule has 2 N–H and O–H groups in total. The van der Waals surface area contributed by atoms with E-state index in [0.717, 1.165) is 65.5 Å². The number of carbonyl (C=O) groups is 1. The van der Waals surface area contributed by atoms with Gasteiger partial charge in [0.15, 0.2) is 5.82 Å². The molecular weight excluding hydrogens is 429 g/mol. The molecule has 4 heterocycles. The van der Waals surface area contributed by atoms with Crippen LogP contribution in [-0.2, 0) is 11.2 Å². The van der Waals surface area contributed by atoms with Crippen LogP contribution in [0, 0.1) is 5.92 Å². The minimum atomic E-state index is -0.231. The number of carbonyl (C=O) groups excluding carboxylic acids is 1. The minimum absolute atomic E-state index is 0.0334. The summed E-state index contributed by atoms with van der Waals surface area (Å²) >= 11 is 0. The lowest BCUT2D eigenvalue weighted by Gasteiger charge is -2.38. The number of halogens is 1. The molecule has 7 heteroatoms. The van der Waals surface area contributed by atoms with E-state index in [0.29, 0.717) is 18.8 Å². The van der Waals surface area contributed by atoms with Crippen molar-refractivity contribution in [2.24, 2.45) is 5.92 Å². The first-order valence-corrected chi connectivity index (χ1v) is 12.0. The van der Waals surface area contributed by atoms with Crippen molar-refractivity contribution >= 4 is 17.8 Å². The van der Waals surface area contributed by atoms with Gasteiger partial charge in [-0.1, -0.05) is 36.4 Å². The van der Waals surface area contributed by atoms with E-state index in [2.05, 4.69) is 44.4 Å². The second kappa shape index (κ2) is 8.72. The average molecular weight is 458 g/mol. The summed E-state index contributed by atoms with van der Waals surface area (Å²) in [6.07, 6.45) is 7.08. The van der Waals surface area contributed by atoms with Crippen molar-refractivity contribution in [3.63, 3.8) is 0 Å². The van der Waals surface area contributed by atoms with Gasteiger partial charge in [-0.15, -0.1) is 0 Å².